The summed E-state index contributed by atoms with van der Waals surface area (Å²) in [4.78, 5) is 15.2. The number of anilines is 1. The monoisotopic (exact) mass is 316 g/mol. The lowest BCUT2D eigenvalue weighted by Gasteiger charge is -2.06. The number of carbonyl (C=O) groups is 1. The van der Waals surface area contributed by atoms with Gasteiger partial charge >= 0.3 is 0 Å². The molecule has 0 spiro atoms. The van der Waals surface area contributed by atoms with E-state index in [4.69, 9.17) is 4.74 Å². The summed E-state index contributed by atoms with van der Waals surface area (Å²) in [5.74, 6) is -1.21. The molecule has 6 heteroatoms. The Balaban J connectivity index is 1.80. The average molecular weight is 316 g/mol. The van der Waals surface area contributed by atoms with E-state index >= 15 is 0 Å². The van der Waals surface area contributed by atoms with Crippen LogP contribution in [0.4, 0.5) is 14.5 Å². The summed E-state index contributed by atoms with van der Waals surface area (Å²) in [5.41, 5.74) is 1.51. The van der Waals surface area contributed by atoms with Crippen LogP contribution in [0.15, 0.2) is 42.6 Å². The van der Waals surface area contributed by atoms with Crippen LogP contribution in [0, 0.1) is 11.6 Å². The van der Waals surface area contributed by atoms with Crippen LogP contribution in [0.1, 0.15) is 5.56 Å². The number of aromatic nitrogens is 1. The van der Waals surface area contributed by atoms with E-state index in [2.05, 4.69) is 10.3 Å². The van der Waals surface area contributed by atoms with Crippen LogP contribution in [0.5, 0.6) is 5.75 Å². The number of H-pyrrole nitrogens is 1. The number of amides is 1. The van der Waals surface area contributed by atoms with E-state index in [0.29, 0.717) is 5.75 Å². The van der Waals surface area contributed by atoms with E-state index in [1.807, 2.05) is 18.2 Å². The predicted octanol–water partition coefficient (Wildman–Crippen LogP) is 3.64. The fraction of sp³-hybridized carbons (Fsp3) is 0.118. The number of fused-ring (bicyclic) bond motifs is 1. The molecule has 0 fully saturated rings. The van der Waals surface area contributed by atoms with Crippen molar-refractivity contribution in [1.29, 1.82) is 0 Å². The molecule has 0 bridgehead atoms. The van der Waals surface area contributed by atoms with E-state index in [0.717, 1.165) is 28.6 Å². The number of ether oxygens (including phenoxy) is 1. The molecule has 0 aliphatic heterocycles. The van der Waals surface area contributed by atoms with Gasteiger partial charge in [-0.1, -0.05) is 12.1 Å². The van der Waals surface area contributed by atoms with Gasteiger partial charge in [-0.05, 0) is 23.8 Å². The van der Waals surface area contributed by atoms with Crippen molar-refractivity contribution in [3.8, 4) is 5.75 Å². The maximum atomic E-state index is 13.6. The van der Waals surface area contributed by atoms with Gasteiger partial charge in [-0.3, -0.25) is 4.79 Å². The summed E-state index contributed by atoms with van der Waals surface area (Å²) in [6.07, 6.45) is 1.78. The van der Waals surface area contributed by atoms with Gasteiger partial charge in [0.1, 0.15) is 17.4 Å². The number of nitrogens with one attached hydrogen (secondary N) is 2. The topological polar surface area (TPSA) is 54.1 Å². The zero-order valence-corrected chi connectivity index (χ0v) is 12.3. The molecule has 3 aromatic rings. The molecule has 0 saturated carbocycles. The number of hydrogen-bond acceptors (Lipinski definition) is 2. The number of rotatable bonds is 4. The molecular formula is C17H14F2N2O2. The molecule has 0 atom stereocenters. The van der Waals surface area contributed by atoms with Gasteiger partial charge in [-0.2, -0.15) is 0 Å². The molecular weight excluding hydrogens is 302 g/mol. The Bertz CT molecular complexity index is 874. The molecule has 1 amide bonds. The first-order valence-electron chi connectivity index (χ1n) is 6.96. The lowest BCUT2D eigenvalue weighted by atomic mass is 10.1. The first-order valence-corrected chi connectivity index (χ1v) is 6.96. The minimum Gasteiger partial charge on any atom is -0.495 e. The molecule has 118 valence electrons. The van der Waals surface area contributed by atoms with E-state index < -0.39 is 11.6 Å². The molecule has 0 aliphatic rings. The average Bonchev–Trinajstić information content (AvgIpc) is 2.93. The number of methoxy groups -OCH3 is 1. The maximum absolute atomic E-state index is 13.6. The van der Waals surface area contributed by atoms with E-state index in [-0.39, 0.29) is 18.0 Å². The summed E-state index contributed by atoms with van der Waals surface area (Å²) in [5, 5.41) is 3.30. The molecule has 0 saturated heterocycles. The Morgan fingerprint density at radius 2 is 2.09 bits per heavy atom. The number of carbonyl (C=O) groups excluding carboxylic acids is 1. The minimum absolute atomic E-state index is 0.0474. The van der Waals surface area contributed by atoms with Gasteiger partial charge in [0.05, 0.1) is 24.7 Å². The third-order valence-electron chi connectivity index (χ3n) is 3.54. The van der Waals surface area contributed by atoms with Crippen molar-refractivity contribution in [2.24, 2.45) is 0 Å². The highest BCUT2D eigenvalue weighted by Gasteiger charge is 2.13. The lowest BCUT2D eigenvalue weighted by molar-refractivity contribution is -0.115. The van der Waals surface area contributed by atoms with Gasteiger partial charge < -0.3 is 15.0 Å². The van der Waals surface area contributed by atoms with Crippen LogP contribution in [-0.4, -0.2) is 18.0 Å². The number of halogens is 2. The molecule has 0 unspecified atom stereocenters. The summed E-state index contributed by atoms with van der Waals surface area (Å²) in [6, 6.07) is 8.53. The second-order valence-corrected chi connectivity index (χ2v) is 5.05. The second kappa shape index (κ2) is 6.08. The van der Waals surface area contributed by atoms with Crippen LogP contribution >= 0.6 is 0 Å². The zero-order valence-electron chi connectivity index (χ0n) is 12.3. The molecule has 2 N–H and O–H groups in total. The fourth-order valence-corrected chi connectivity index (χ4v) is 2.46. The minimum atomic E-state index is -0.807. The van der Waals surface area contributed by atoms with Gasteiger partial charge in [0, 0.05) is 17.6 Å². The summed E-state index contributed by atoms with van der Waals surface area (Å²) >= 11 is 0. The number of para-hydroxylation sites is 1. The highest BCUT2D eigenvalue weighted by molar-refractivity contribution is 5.97. The Kier molecular flexibility index (Phi) is 3.97. The Labute approximate surface area is 131 Å². The zero-order chi connectivity index (χ0) is 16.4. The summed E-state index contributed by atoms with van der Waals surface area (Å²) < 4.78 is 31.7. The first-order chi connectivity index (χ1) is 11.1. The third kappa shape index (κ3) is 3.01. The van der Waals surface area contributed by atoms with Gasteiger partial charge in [0.25, 0.3) is 0 Å². The molecule has 0 aliphatic carbocycles. The van der Waals surface area contributed by atoms with Crippen molar-refractivity contribution in [3.63, 3.8) is 0 Å². The largest absolute Gasteiger partial charge is 0.495 e. The van der Waals surface area contributed by atoms with Gasteiger partial charge in [0.15, 0.2) is 0 Å². The molecule has 3 rings (SSSR count). The van der Waals surface area contributed by atoms with Gasteiger partial charge in [-0.15, -0.1) is 0 Å². The summed E-state index contributed by atoms with van der Waals surface area (Å²) in [6.45, 7) is 0. The van der Waals surface area contributed by atoms with Crippen LogP contribution in [0.3, 0.4) is 0 Å². The Morgan fingerprint density at radius 3 is 2.83 bits per heavy atom. The Hall–Kier alpha value is -2.89. The number of aromatic amines is 1. The van der Waals surface area contributed by atoms with E-state index in [1.54, 1.807) is 13.3 Å². The molecule has 1 aromatic heterocycles. The highest BCUT2D eigenvalue weighted by Crippen LogP contribution is 2.27. The number of hydrogen-bond donors (Lipinski definition) is 2. The van der Waals surface area contributed by atoms with Crippen molar-refractivity contribution >= 4 is 22.5 Å². The predicted molar refractivity (Wildman–Crippen MR) is 83.5 cm³/mol. The van der Waals surface area contributed by atoms with Crippen LogP contribution in [0.2, 0.25) is 0 Å². The fourth-order valence-electron chi connectivity index (χ4n) is 2.46. The number of benzene rings is 2. The van der Waals surface area contributed by atoms with E-state index in [1.165, 1.54) is 6.07 Å². The Morgan fingerprint density at radius 1 is 1.26 bits per heavy atom. The first kappa shape index (κ1) is 15.0. The van der Waals surface area contributed by atoms with Crippen LogP contribution < -0.4 is 10.1 Å². The maximum Gasteiger partial charge on any atom is 0.228 e. The van der Waals surface area contributed by atoms with E-state index in [9.17, 15) is 13.6 Å². The SMILES string of the molecule is COc1cccc2c(CC(=O)Nc3ccc(F)cc3F)c[nH]c12. The van der Waals surface area contributed by atoms with Crippen LogP contribution in [0.25, 0.3) is 10.9 Å². The summed E-state index contributed by atoms with van der Waals surface area (Å²) in [7, 11) is 1.57. The second-order valence-electron chi connectivity index (χ2n) is 5.05. The molecule has 1 heterocycles. The van der Waals surface area contributed by atoms with Crippen molar-refractivity contribution in [3.05, 3.63) is 59.8 Å². The van der Waals surface area contributed by atoms with Gasteiger partial charge in [-0.25, -0.2) is 8.78 Å². The van der Waals surface area contributed by atoms with Crippen molar-refractivity contribution in [2.75, 3.05) is 12.4 Å². The van der Waals surface area contributed by atoms with Crippen molar-refractivity contribution in [1.82, 2.24) is 4.98 Å². The van der Waals surface area contributed by atoms with Gasteiger partial charge in [0.2, 0.25) is 5.91 Å². The van der Waals surface area contributed by atoms with Crippen molar-refractivity contribution < 1.29 is 18.3 Å². The quantitative estimate of drug-likeness (QED) is 0.772. The normalized spacial score (nSPS) is 10.7. The smallest absolute Gasteiger partial charge is 0.228 e. The molecule has 0 radical (unpaired) electrons. The lowest BCUT2D eigenvalue weighted by Crippen LogP contribution is -2.15. The standard InChI is InChI=1S/C17H14F2N2O2/c1-23-15-4-2-3-12-10(9-20-17(12)15)7-16(22)21-14-6-5-11(18)8-13(14)19/h2-6,8-9,20H,7H2,1H3,(H,21,22). The van der Waals surface area contributed by atoms with Crippen LogP contribution in [-0.2, 0) is 11.2 Å². The molecule has 2 aromatic carbocycles. The molecule has 23 heavy (non-hydrogen) atoms. The van der Waals surface area contributed by atoms with Crippen molar-refractivity contribution in [2.45, 2.75) is 6.42 Å². The highest BCUT2D eigenvalue weighted by atomic mass is 19.1. The third-order valence-corrected chi connectivity index (χ3v) is 3.54. The molecule has 4 nitrogen and oxygen atoms in total.